The van der Waals surface area contributed by atoms with E-state index in [1.54, 1.807) is 0 Å². The van der Waals surface area contributed by atoms with Crippen LogP contribution in [0.5, 0.6) is 5.75 Å². The zero-order valence-electron chi connectivity index (χ0n) is 10.2. The predicted molar refractivity (Wildman–Crippen MR) is 69.8 cm³/mol. The van der Waals surface area contributed by atoms with Gasteiger partial charge in [0.2, 0.25) is 0 Å². The summed E-state index contributed by atoms with van der Waals surface area (Å²) in [5, 5.41) is 3.39. The first kappa shape index (κ1) is 10.9. The molecule has 2 aliphatic rings. The smallest absolute Gasteiger partial charge is 0.142 e. The van der Waals surface area contributed by atoms with Gasteiger partial charge in [0.05, 0.1) is 5.69 Å². The van der Waals surface area contributed by atoms with Crippen molar-refractivity contribution < 1.29 is 4.74 Å². The van der Waals surface area contributed by atoms with Gasteiger partial charge in [-0.3, -0.25) is 0 Å². The lowest BCUT2D eigenvalue weighted by molar-refractivity contribution is 0.323. The third-order valence-corrected chi connectivity index (χ3v) is 3.63. The second kappa shape index (κ2) is 4.96. The molecule has 0 spiro atoms. The number of benzene rings is 1. The van der Waals surface area contributed by atoms with Crippen molar-refractivity contribution in [1.82, 2.24) is 4.90 Å². The molecule has 0 radical (unpaired) electrons. The van der Waals surface area contributed by atoms with Crippen molar-refractivity contribution in [3.8, 4) is 5.75 Å². The highest BCUT2D eigenvalue weighted by atomic mass is 16.5. The predicted octanol–water partition coefficient (Wildman–Crippen LogP) is 2.13. The first-order valence-electron chi connectivity index (χ1n) is 6.64. The number of hydrogen-bond donors (Lipinski definition) is 1. The van der Waals surface area contributed by atoms with Crippen LogP contribution in [0.2, 0.25) is 0 Å². The summed E-state index contributed by atoms with van der Waals surface area (Å²) in [6.45, 7) is 5.46. The van der Waals surface area contributed by atoms with Crippen molar-refractivity contribution in [2.24, 2.45) is 0 Å². The number of anilines is 1. The second-order valence-corrected chi connectivity index (χ2v) is 4.90. The van der Waals surface area contributed by atoms with E-state index in [9.17, 15) is 0 Å². The van der Waals surface area contributed by atoms with Crippen LogP contribution < -0.4 is 10.1 Å². The zero-order chi connectivity index (χ0) is 11.5. The van der Waals surface area contributed by atoms with Gasteiger partial charge in [-0.15, -0.1) is 0 Å². The van der Waals surface area contributed by atoms with Crippen LogP contribution in [0.4, 0.5) is 5.69 Å². The third kappa shape index (κ3) is 2.55. The monoisotopic (exact) mass is 232 g/mol. The molecular formula is C14H20N2O. The summed E-state index contributed by atoms with van der Waals surface area (Å²) in [6, 6.07) is 6.53. The summed E-state index contributed by atoms with van der Waals surface area (Å²) in [5.41, 5.74) is 2.57. The molecule has 1 N–H and O–H groups in total. The van der Waals surface area contributed by atoms with Crippen molar-refractivity contribution in [2.75, 3.05) is 38.1 Å². The molecule has 1 aromatic carbocycles. The minimum atomic E-state index is 0.778. The van der Waals surface area contributed by atoms with Gasteiger partial charge in [-0.2, -0.15) is 0 Å². The molecular weight excluding hydrogens is 212 g/mol. The molecule has 0 saturated carbocycles. The van der Waals surface area contributed by atoms with Gasteiger partial charge in [0, 0.05) is 13.1 Å². The topological polar surface area (TPSA) is 24.5 Å². The number of likely N-dealkylation sites (tertiary alicyclic amines) is 1. The second-order valence-electron chi connectivity index (χ2n) is 4.90. The highest BCUT2D eigenvalue weighted by Crippen LogP contribution is 2.28. The van der Waals surface area contributed by atoms with Crippen molar-refractivity contribution in [1.29, 1.82) is 0 Å². The van der Waals surface area contributed by atoms with Gasteiger partial charge < -0.3 is 15.0 Å². The highest BCUT2D eigenvalue weighted by Gasteiger charge is 2.13. The average Bonchev–Trinajstić information content (AvgIpc) is 2.89. The molecule has 1 saturated heterocycles. The van der Waals surface area contributed by atoms with Crippen LogP contribution >= 0.6 is 0 Å². The van der Waals surface area contributed by atoms with E-state index in [0.717, 1.165) is 31.0 Å². The van der Waals surface area contributed by atoms with Gasteiger partial charge >= 0.3 is 0 Å². The maximum Gasteiger partial charge on any atom is 0.142 e. The maximum absolute atomic E-state index is 5.58. The largest absolute Gasteiger partial charge is 0.490 e. The number of rotatable bonds is 3. The van der Waals surface area contributed by atoms with Gasteiger partial charge in [-0.1, -0.05) is 6.07 Å². The molecule has 0 atom stereocenters. The molecule has 3 heteroatoms. The molecule has 1 aromatic rings. The Hall–Kier alpha value is -1.22. The molecule has 92 valence electrons. The number of nitrogens with one attached hydrogen (secondary N) is 1. The van der Waals surface area contributed by atoms with E-state index in [4.69, 9.17) is 4.74 Å². The minimum absolute atomic E-state index is 0.778. The summed E-state index contributed by atoms with van der Waals surface area (Å²) in [4.78, 5) is 2.56. The normalized spacial score (nSPS) is 19.5. The lowest BCUT2D eigenvalue weighted by Gasteiger charge is -2.20. The molecule has 3 rings (SSSR count). The number of ether oxygens (including phenoxy) is 1. The Labute approximate surface area is 103 Å². The van der Waals surface area contributed by atoms with E-state index in [2.05, 4.69) is 28.4 Å². The van der Waals surface area contributed by atoms with Crippen LogP contribution in [0, 0.1) is 0 Å². The molecule has 17 heavy (non-hydrogen) atoms. The van der Waals surface area contributed by atoms with Crippen LogP contribution in [-0.4, -0.2) is 37.7 Å². The maximum atomic E-state index is 5.58. The first-order chi connectivity index (χ1) is 8.42. The van der Waals surface area contributed by atoms with Crippen LogP contribution in [0.1, 0.15) is 18.4 Å². The number of hydrogen-bond acceptors (Lipinski definition) is 3. The summed E-state index contributed by atoms with van der Waals surface area (Å²) >= 11 is 0. The Balaban J connectivity index is 1.62. The Morgan fingerprint density at radius 3 is 3.00 bits per heavy atom. The fourth-order valence-electron chi connectivity index (χ4n) is 2.64. The van der Waals surface area contributed by atoms with E-state index < -0.39 is 0 Å². The minimum Gasteiger partial charge on any atom is -0.490 e. The Morgan fingerprint density at radius 2 is 2.12 bits per heavy atom. The Bertz CT molecular complexity index is 386. The van der Waals surface area contributed by atoms with Crippen LogP contribution in [0.3, 0.4) is 0 Å². The standard InChI is InChI=1S/C14H20N2O/c1-2-8-16(7-1)9-5-12-3-4-14-13(11-12)15-6-10-17-14/h3-4,11,15H,1-2,5-10H2. The Morgan fingerprint density at radius 1 is 1.24 bits per heavy atom. The highest BCUT2D eigenvalue weighted by molar-refractivity contribution is 5.59. The summed E-state index contributed by atoms with van der Waals surface area (Å²) in [7, 11) is 0. The molecule has 0 amide bonds. The zero-order valence-corrected chi connectivity index (χ0v) is 10.2. The van der Waals surface area contributed by atoms with Crippen LogP contribution in [-0.2, 0) is 6.42 Å². The van der Waals surface area contributed by atoms with Gasteiger partial charge in [-0.05, 0) is 50.0 Å². The first-order valence-corrected chi connectivity index (χ1v) is 6.64. The van der Waals surface area contributed by atoms with Crippen molar-refractivity contribution in [3.05, 3.63) is 23.8 Å². The summed E-state index contributed by atoms with van der Waals surface area (Å²) in [5.74, 6) is 1.00. The van der Waals surface area contributed by atoms with Gasteiger partial charge in [0.25, 0.3) is 0 Å². The summed E-state index contributed by atoms with van der Waals surface area (Å²) in [6.07, 6.45) is 3.90. The molecule has 0 aliphatic carbocycles. The van der Waals surface area contributed by atoms with Crippen molar-refractivity contribution >= 4 is 5.69 Å². The molecule has 1 fully saturated rings. The summed E-state index contributed by atoms with van der Waals surface area (Å²) < 4.78 is 5.58. The molecule has 0 aromatic heterocycles. The van der Waals surface area contributed by atoms with Gasteiger partial charge in [0.1, 0.15) is 12.4 Å². The lowest BCUT2D eigenvalue weighted by Crippen LogP contribution is -2.22. The van der Waals surface area contributed by atoms with Crippen LogP contribution in [0.15, 0.2) is 18.2 Å². The fourth-order valence-corrected chi connectivity index (χ4v) is 2.64. The lowest BCUT2D eigenvalue weighted by atomic mass is 10.1. The Kier molecular flexibility index (Phi) is 3.18. The van der Waals surface area contributed by atoms with E-state index >= 15 is 0 Å². The van der Waals surface area contributed by atoms with E-state index in [-0.39, 0.29) is 0 Å². The van der Waals surface area contributed by atoms with Gasteiger partial charge in [0.15, 0.2) is 0 Å². The fraction of sp³-hybridized carbons (Fsp3) is 0.571. The third-order valence-electron chi connectivity index (χ3n) is 3.63. The molecule has 0 unspecified atom stereocenters. The molecule has 3 nitrogen and oxygen atoms in total. The molecule has 2 aliphatic heterocycles. The number of fused-ring (bicyclic) bond motifs is 1. The van der Waals surface area contributed by atoms with E-state index in [1.165, 1.54) is 38.0 Å². The quantitative estimate of drug-likeness (QED) is 0.864. The number of nitrogens with zero attached hydrogens (tertiary/aromatic N) is 1. The van der Waals surface area contributed by atoms with Gasteiger partial charge in [-0.25, -0.2) is 0 Å². The van der Waals surface area contributed by atoms with E-state index in [0.29, 0.717) is 0 Å². The van der Waals surface area contributed by atoms with Crippen molar-refractivity contribution in [3.63, 3.8) is 0 Å². The molecule has 0 bridgehead atoms. The van der Waals surface area contributed by atoms with Crippen molar-refractivity contribution in [2.45, 2.75) is 19.3 Å². The SMILES string of the molecule is c1cc2c(cc1CCN1CCCC1)NCCO2. The molecule has 2 heterocycles. The van der Waals surface area contributed by atoms with Crippen LogP contribution in [0.25, 0.3) is 0 Å². The van der Waals surface area contributed by atoms with E-state index in [1.807, 2.05) is 0 Å². The average molecular weight is 232 g/mol.